The minimum absolute atomic E-state index is 0.625. The molecule has 80 valence electrons. The molecular weight excluding hydrogens is 186 g/mol. The summed E-state index contributed by atoms with van der Waals surface area (Å²) in [5.74, 6) is 0.965. The van der Waals surface area contributed by atoms with E-state index in [1.54, 1.807) is 7.11 Å². The van der Waals surface area contributed by atoms with Crippen LogP contribution in [0, 0.1) is 11.3 Å². The average molecular weight is 203 g/mol. The van der Waals surface area contributed by atoms with Crippen molar-refractivity contribution in [2.75, 3.05) is 7.11 Å². The first kappa shape index (κ1) is 11.6. The Hall–Kier alpha value is -1.49. The first-order valence-electron chi connectivity index (χ1n) is 5.35. The lowest BCUT2D eigenvalue weighted by Crippen LogP contribution is -1.97. The number of hydrogen-bond acceptors (Lipinski definition) is 2. The molecule has 0 bridgehead atoms. The number of aryl methyl sites for hydroxylation is 1. The fourth-order valence-corrected chi connectivity index (χ4v) is 1.80. The van der Waals surface area contributed by atoms with Gasteiger partial charge in [0, 0.05) is 6.42 Å². The van der Waals surface area contributed by atoms with Crippen molar-refractivity contribution in [3.63, 3.8) is 0 Å². The predicted molar refractivity (Wildman–Crippen MR) is 60.9 cm³/mol. The average Bonchev–Trinajstić information content (AvgIpc) is 2.29. The van der Waals surface area contributed by atoms with Crippen LogP contribution < -0.4 is 4.74 Å². The van der Waals surface area contributed by atoms with Gasteiger partial charge >= 0.3 is 0 Å². The van der Waals surface area contributed by atoms with Gasteiger partial charge in [0.1, 0.15) is 5.75 Å². The molecule has 0 spiro atoms. The van der Waals surface area contributed by atoms with E-state index in [4.69, 9.17) is 10.00 Å². The molecule has 0 atom stereocenters. The van der Waals surface area contributed by atoms with Gasteiger partial charge in [-0.2, -0.15) is 5.26 Å². The number of ether oxygens (including phenoxy) is 1. The van der Waals surface area contributed by atoms with Gasteiger partial charge in [-0.05, 0) is 36.5 Å². The Bertz CT molecular complexity index is 352. The lowest BCUT2D eigenvalue weighted by atomic mass is 9.99. The summed E-state index contributed by atoms with van der Waals surface area (Å²) >= 11 is 0. The maximum atomic E-state index is 8.50. The van der Waals surface area contributed by atoms with Crippen molar-refractivity contribution >= 4 is 0 Å². The summed E-state index contributed by atoms with van der Waals surface area (Å²) in [4.78, 5) is 0. The van der Waals surface area contributed by atoms with Gasteiger partial charge in [-0.25, -0.2) is 0 Å². The maximum absolute atomic E-state index is 8.50. The van der Waals surface area contributed by atoms with Gasteiger partial charge in [-0.3, -0.25) is 0 Å². The lowest BCUT2D eigenvalue weighted by molar-refractivity contribution is 0.409. The largest absolute Gasteiger partial charge is 0.496 e. The topological polar surface area (TPSA) is 33.0 Å². The second kappa shape index (κ2) is 6.08. The summed E-state index contributed by atoms with van der Waals surface area (Å²) in [5, 5.41) is 8.50. The fourth-order valence-electron chi connectivity index (χ4n) is 1.80. The Balaban J connectivity index is 2.82. The van der Waals surface area contributed by atoms with Crippen molar-refractivity contribution in [1.82, 2.24) is 0 Å². The van der Waals surface area contributed by atoms with Gasteiger partial charge in [0.15, 0.2) is 0 Å². The molecule has 1 rings (SSSR count). The zero-order valence-electron chi connectivity index (χ0n) is 9.42. The van der Waals surface area contributed by atoms with Crippen molar-refractivity contribution in [2.24, 2.45) is 0 Å². The number of nitrogens with zero attached hydrogens (tertiary/aromatic N) is 1. The molecule has 1 aromatic rings. The van der Waals surface area contributed by atoms with Crippen molar-refractivity contribution in [3.05, 3.63) is 29.3 Å². The molecule has 0 radical (unpaired) electrons. The molecule has 0 saturated carbocycles. The molecule has 15 heavy (non-hydrogen) atoms. The molecule has 1 aromatic carbocycles. The van der Waals surface area contributed by atoms with Crippen molar-refractivity contribution in [3.8, 4) is 11.8 Å². The smallest absolute Gasteiger partial charge is 0.122 e. The molecule has 0 heterocycles. The van der Waals surface area contributed by atoms with Crippen LogP contribution in [0.5, 0.6) is 5.75 Å². The molecule has 0 unspecified atom stereocenters. The highest BCUT2D eigenvalue weighted by Gasteiger charge is 2.06. The summed E-state index contributed by atoms with van der Waals surface area (Å²) in [6.07, 6.45) is 3.50. The second-order valence-electron chi connectivity index (χ2n) is 3.46. The Labute approximate surface area is 91.5 Å². The first-order chi connectivity index (χ1) is 7.33. The van der Waals surface area contributed by atoms with Crippen LogP contribution >= 0.6 is 0 Å². The molecule has 0 aliphatic rings. The van der Waals surface area contributed by atoms with Gasteiger partial charge in [-0.1, -0.05) is 19.1 Å². The molecule has 2 heteroatoms. The van der Waals surface area contributed by atoms with E-state index < -0.39 is 0 Å². The van der Waals surface area contributed by atoms with Gasteiger partial charge < -0.3 is 4.74 Å². The number of hydrogen-bond donors (Lipinski definition) is 0. The molecule has 2 nitrogen and oxygen atoms in total. The quantitative estimate of drug-likeness (QED) is 0.689. The number of methoxy groups -OCH3 is 1. The third-order valence-corrected chi connectivity index (χ3v) is 2.54. The van der Waals surface area contributed by atoms with Gasteiger partial charge in [0.05, 0.1) is 13.2 Å². The van der Waals surface area contributed by atoms with Gasteiger partial charge in [0.2, 0.25) is 0 Å². The van der Waals surface area contributed by atoms with Crippen LogP contribution in [0.2, 0.25) is 0 Å². The van der Waals surface area contributed by atoms with Crippen LogP contribution in [0.15, 0.2) is 18.2 Å². The highest BCUT2D eigenvalue weighted by atomic mass is 16.5. The summed E-state index contributed by atoms with van der Waals surface area (Å²) in [6, 6.07) is 8.30. The van der Waals surface area contributed by atoms with Crippen LogP contribution in [-0.4, -0.2) is 7.11 Å². The number of rotatable bonds is 5. The van der Waals surface area contributed by atoms with E-state index in [0.717, 1.165) is 25.0 Å². The van der Waals surface area contributed by atoms with E-state index in [9.17, 15) is 0 Å². The zero-order valence-corrected chi connectivity index (χ0v) is 9.42. The minimum atomic E-state index is 0.625. The standard InChI is InChI=1S/C13H17NO/c1-3-12-11(7-4-5-10-14)8-6-9-13(12)15-2/h6,8-9H,3-5,7H2,1-2H3. The van der Waals surface area contributed by atoms with Gasteiger partial charge in [0.25, 0.3) is 0 Å². The minimum Gasteiger partial charge on any atom is -0.496 e. The highest BCUT2D eigenvalue weighted by molar-refractivity contribution is 5.40. The second-order valence-corrected chi connectivity index (χ2v) is 3.46. The summed E-state index contributed by atoms with van der Waals surface area (Å²) in [6.45, 7) is 2.13. The molecular formula is C13H17NO. The van der Waals surface area contributed by atoms with Crippen LogP contribution in [0.3, 0.4) is 0 Å². The maximum Gasteiger partial charge on any atom is 0.122 e. The van der Waals surface area contributed by atoms with Crippen LogP contribution in [0.4, 0.5) is 0 Å². The number of nitriles is 1. The third-order valence-electron chi connectivity index (χ3n) is 2.54. The van der Waals surface area contributed by atoms with Crippen LogP contribution in [0.1, 0.15) is 30.9 Å². The van der Waals surface area contributed by atoms with E-state index in [1.807, 2.05) is 12.1 Å². The highest BCUT2D eigenvalue weighted by Crippen LogP contribution is 2.23. The molecule has 0 amide bonds. The summed E-state index contributed by atoms with van der Waals surface area (Å²) in [7, 11) is 1.70. The molecule has 0 N–H and O–H groups in total. The summed E-state index contributed by atoms with van der Waals surface area (Å²) < 4.78 is 5.32. The Morgan fingerprint density at radius 3 is 2.80 bits per heavy atom. The number of benzene rings is 1. The molecule has 0 aliphatic heterocycles. The molecule has 0 saturated heterocycles. The van der Waals surface area contributed by atoms with E-state index in [2.05, 4.69) is 19.1 Å². The Morgan fingerprint density at radius 1 is 1.40 bits per heavy atom. The van der Waals surface area contributed by atoms with E-state index in [1.165, 1.54) is 11.1 Å². The van der Waals surface area contributed by atoms with E-state index >= 15 is 0 Å². The third kappa shape index (κ3) is 2.99. The normalized spacial score (nSPS) is 9.67. The monoisotopic (exact) mass is 203 g/mol. The van der Waals surface area contributed by atoms with Gasteiger partial charge in [-0.15, -0.1) is 0 Å². The van der Waals surface area contributed by atoms with E-state index in [-0.39, 0.29) is 0 Å². The van der Waals surface area contributed by atoms with E-state index in [0.29, 0.717) is 6.42 Å². The summed E-state index contributed by atoms with van der Waals surface area (Å²) in [5.41, 5.74) is 2.59. The Kier molecular flexibility index (Phi) is 4.70. The van der Waals surface area contributed by atoms with Crippen LogP contribution in [-0.2, 0) is 12.8 Å². The molecule has 0 aromatic heterocycles. The number of unbranched alkanes of at least 4 members (excludes halogenated alkanes) is 1. The fraction of sp³-hybridized carbons (Fsp3) is 0.462. The van der Waals surface area contributed by atoms with Crippen molar-refractivity contribution < 1.29 is 4.74 Å². The van der Waals surface area contributed by atoms with Crippen molar-refractivity contribution in [1.29, 1.82) is 5.26 Å². The van der Waals surface area contributed by atoms with Crippen molar-refractivity contribution in [2.45, 2.75) is 32.6 Å². The Morgan fingerprint density at radius 2 is 2.20 bits per heavy atom. The predicted octanol–water partition coefficient (Wildman–Crippen LogP) is 3.10. The molecule has 0 fully saturated rings. The zero-order chi connectivity index (χ0) is 11.1. The SMILES string of the molecule is CCc1c(CCCC#N)cccc1OC. The van der Waals surface area contributed by atoms with Crippen LogP contribution in [0.25, 0.3) is 0 Å². The first-order valence-corrected chi connectivity index (χ1v) is 5.35. The lowest BCUT2D eigenvalue weighted by Gasteiger charge is -2.11. The molecule has 0 aliphatic carbocycles.